The minimum absolute atomic E-state index is 0.0642. The van der Waals surface area contributed by atoms with Gasteiger partial charge in [-0.3, -0.25) is 4.79 Å². The van der Waals surface area contributed by atoms with Gasteiger partial charge in [0.25, 0.3) is 5.91 Å². The number of nitrogens with one attached hydrogen (secondary N) is 1. The van der Waals surface area contributed by atoms with Gasteiger partial charge in [-0.05, 0) is 36.8 Å². The van der Waals surface area contributed by atoms with E-state index in [2.05, 4.69) is 10.1 Å². The second kappa shape index (κ2) is 8.49. The molecule has 0 saturated heterocycles. The Hall–Kier alpha value is -2.34. The zero-order valence-corrected chi connectivity index (χ0v) is 13.6. The van der Waals surface area contributed by atoms with Gasteiger partial charge in [-0.1, -0.05) is 35.9 Å². The number of hydrogen-bond acceptors (Lipinski definition) is 3. The van der Waals surface area contributed by atoms with E-state index in [-0.39, 0.29) is 24.3 Å². The van der Waals surface area contributed by atoms with Crippen molar-refractivity contribution in [3.8, 4) is 11.5 Å². The maximum absolute atomic E-state index is 12.1. The fraction of sp³-hybridized carbons (Fsp3) is 0.235. The molecule has 0 spiro atoms. The fourth-order valence-corrected chi connectivity index (χ4v) is 2.20. The lowest BCUT2D eigenvalue weighted by molar-refractivity contribution is -0.123. The molecule has 0 aliphatic carbocycles. The Labute approximate surface area is 143 Å². The summed E-state index contributed by atoms with van der Waals surface area (Å²) in [5, 5.41) is 3.17. The molecule has 0 saturated carbocycles. The van der Waals surface area contributed by atoms with Crippen LogP contribution in [0.2, 0.25) is 5.02 Å². The molecule has 2 rings (SSSR count). The molecule has 1 N–H and O–H groups in total. The fourth-order valence-electron chi connectivity index (χ4n) is 2.01. The third kappa shape index (κ3) is 5.38. The molecule has 2 aromatic carbocycles. The Morgan fingerprint density at radius 2 is 1.83 bits per heavy atom. The molecule has 0 radical (unpaired) electrons. The Bertz CT molecular complexity index is 680. The predicted molar refractivity (Wildman–Crippen MR) is 86.6 cm³/mol. The van der Waals surface area contributed by atoms with Crippen LogP contribution in [0.15, 0.2) is 48.5 Å². The number of ether oxygens (including phenoxy) is 2. The summed E-state index contributed by atoms with van der Waals surface area (Å²) in [4.78, 5) is 11.9. The van der Waals surface area contributed by atoms with Gasteiger partial charge in [0.1, 0.15) is 11.5 Å². The van der Waals surface area contributed by atoms with Crippen molar-refractivity contribution < 1.29 is 23.0 Å². The number of hydrogen-bond donors (Lipinski definition) is 1. The van der Waals surface area contributed by atoms with Gasteiger partial charge >= 0.3 is 6.61 Å². The maximum Gasteiger partial charge on any atom is 0.387 e. The molecule has 0 bridgehead atoms. The summed E-state index contributed by atoms with van der Waals surface area (Å²) >= 11 is 5.94. The van der Waals surface area contributed by atoms with E-state index < -0.39 is 6.61 Å². The van der Waals surface area contributed by atoms with E-state index in [1.165, 1.54) is 12.1 Å². The van der Waals surface area contributed by atoms with Crippen molar-refractivity contribution in [2.24, 2.45) is 0 Å². The van der Waals surface area contributed by atoms with Crippen LogP contribution in [0, 0.1) is 0 Å². The van der Waals surface area contributed by atoms with Crippen LogP contribution in [0.1, 0.15) is 18.5 Å². The average Bonchev–Trinajstić information content (AvgIpc) is 2.54. The number of rotatable bonds is 7. The smallest absolute Gasteiger partial charge is 0.387 e. The highest BCUT2D eigenvalue weighted by Crippen LogP contribution is 2.23. The first-order valence-corrected chi connectivity index (χ1v) is 7.55. The zero-order valence-electron chi connectivity index (χ0n) is 12.8. The molecular weight excluding hydrogens is 340 g/mol. The first-order valence-electron chi connectivity index (χ1n) is 7.17. The molecule has 1 atom stereocenters. The van der Waals surface area contributed by atoms with Crippen molar-refractivity contribution in [1.82, 2.24) is 5.32 Å². The van der Waals surface area contributed by atoms with Gasteiger partial charge in [0.05, 0.1) is 11.1 Å². The van der Waals surface area contributed by atoms with Crippen LogP contribution in [0.3, 0.4) is 0 Å². The van der Waals surface area contributed by atoms with E-state index >= 15 is 0 Å². The number of carbonyl (C=O) groups is 1. The molecule has 1 amide bonds. The summed E-state index contributed by atoms with van der Waals surface area (Å²) in [6.45, 7) is -1.27. The lowest BCUT2D eigenvalue weighted by Crippen LogP contribution is -2.31. The van der Waals surface area contributed by atoms with Crippen molar-refractivity contribution in [3.63, 3.8) is 0 Å². The summed E-state index contributed by atoms with van der Waals surface area (Å²) < 4.78 is 33.8. The largest absolute Gasteiger partial charge is 0.482 e. The van der Waals surface area contributed by atoms with Crippen LogP contribution < -0.4 is 14.8 Å². The second-order valence-corrected chi connectivity index (χ2v) is 5.36. The molecule has 1 unspecified atom stereocenters. The molecule has 0 aliphatic heterocycles. The molecule has 0 aromatic heterocycles. The standard InChI is InChI=1S/C17H16ClF2NO3/c1-11(12-6-8-13(9-7-12)24-17(19)20)21-16(22)10-23-15-5-3-2-4-14(15)18/h2-9,11,17H,10H2,1H3,(H,21,22). The maximum atomic E-state index is 12.1. The Balaban J connectivity index is 1.86. The van der Waals surface area contributed by atoms with Gasteiger partial charge < -0.3 is 14.8 Å². The number of carbonyl (C=O) groups excluding carboxylic acids is 1. The average molecular weight is 356 g/mol. The first kappa shape index (κ1) is 18.0. The van der Waals surface area contributed by atoms with Gasteiger partial charge in [0.15, 0.2) is 6.61 Å². The normalized spacial score (nSPS) is 11.9. The van der Waals surface area contributed by atoms with Crippen LogP contribution in [0.25, 0.3) is 0 Å². The van der Waals surface area contributed by atoms with Crippen molar-refractivity contribution >= 4 is 17.5 Å². The molecule has 0 fully saturated rings. The summed E-state index contributed by atoms with van der Waals surface area (Å²) in [6, 6.07) is 12.6. The van der Waals surface area contributed by atoms with E-state index in [9.17, 15) is 13.6 Å². The highest BCUT2D eigenvalue weighted by molar-refractivity contribution is 6.32. The minimum Gasteiger partial charge on any atom is -0.482 e. The van der Waals surface area contributed by atoms with Gasteiger partial charge in [-0.2, -0.15) is 8.78 Å². The van der Waals surface area contributed by atoms with Gasteiger partial charge in [0.2, 0.25) is 0 Å². The topological polar surface area (TPSA) is 47.6 Å². The molecule has 2 aromatic rings. The first-order chi connectivity index (χ1) is 11.5. The van der Waals surface area contributed by atoms with Crippen LogP contribution in [0.4, 0.5) is 8.78 Å². The molecular formula is C17H16ClF2NO3. The van der Waals surface area contributed by atoms with Gasteiger partial charge in [-0.15, -0.1) is 0 Å². The monoisotopic (exact) mass is 355 g/mol. The molecule has 24 heavy (non-hydrogen) atoms. The number of alkyl halides is 2. The molecule has 0 aliphatic rings. The number of para-hydroxylation sites is 1. The molecule has 128 valence electrons. The van der Waals surface area contributed by atoms with Crippen LogP contribution >= 0.6 is 11.6 Å². The Morgan fingerprint density at radius 3 is 2.46 bits per heavy atom. The highest BCUT2D eigenvalue weighted by atomic mass is 35.5. The van der Waals surface area contributed by atoms with Gasteiger partial charge in [0, 0.05) is 0 Å². The zero-order chi connectivity index (χ0) is 17.5. The van der Waals surface area contributed by atoms with Crippen molar-refractivity contribution in [3.05, 3.63) is 59.1 Å². The Morgan fingerprint density at radius 1 is 1.17 bits per heavy atom. The van der Waals surface area contributed by atoms with E-state index in [1.807, 2.05) is 0 Å². The van der Waals surface area contributed by atoms with E-state index in [4.69, 9.17) is 16.3 Å². The molecule has 7 heteroatoms. The molecule has 4 nitrogen and oxygen atoms in total. The lowest BCUT2D eigenvalue weighted by atomic mass is 10.1. The van der Waals surface area contributed by atoms with Crippen LogP contribution in [0.5, 0.6) is 11.5 Å². The van der Waals surface area contributed by atoms with Crippen molar-refractivity contribution in [2.75, 3.05) is 6.61 Å². The number of benzene rings is 2. The van der Waals surface area contributed by atoms with Gasteiger partial charge in [-0.25, -0.2) is 0 Å². The van der Waals surface area contributed by atoms with E-state index in [1.54, 1.807) is 43.3 Å². The quantitative estimate of drug-likeness (QED) is 0.809. The van der Waals surface area contributed by atoms with Crippen LogP contribution in [-0.2, 0) is 4.79 Å². The number of halogens is 3. The third-order valence-corrected chi connectivity index (χ3v) is 3.49. The summed E-state index contributed by atoms with van der Waals surface area (Å²) in [6.07, 6.45) is 0. The second-order valence-electron chi connectivity index (χ2n) is 4.96. The summed E-state index contributed by atoms with van der Waals surface area (Å²) in [5.41, 5.74) is 0.753. The van der Waals surface area contributed by atoms with E-state index in [0.717, 1.165) is 5.56 Å². The number of amides is 1. The highest BCUT2D eigenvalue weighted by Gasteiger charge is 2.12. The summed E-state index contributed by atoms with van der Waals surface area (Å²) in [7, 11) is 0. The van der Waals surface area contributed by atoms with Crippen molar-refractivity contribution in [2.45, 2.75) is 19.6 Å². The predicted octanol–water partition coefficient (Wildman–Crippen LogP) is 4.20. The summed E-state index contributed by atoms with van der Waals surface area (Å²) in [5.74, 6) is 0.167. The third-order valence-electron chi connectivity index (χ3n) is 3.18. The lowest BCUT2D eigenvalue weighted by Gasteiger charge is -2.15. The minimum atomic E-state index is -2.87. The van der Waals surface area contributed by atoms with Crippen molar-refractivity contribution in [1.29, 1.82) is 0 Å². The van der Waals surface area contributed by atoms with E-state index in [0.29, 0.717) is 10.8 Å². The van der Waals surface area contributed by atoms with Crippen LogP contribution in [-0.4, -0.2) is 19.1 Å². The SMILES string of the molecule is CC(NC(=O)COc1ccccc1Cl)c1ccc(OC(F)F)cc1. The Kier molecular flexibility index (Phi) is 6.37. The molecule has 0 heterocycles.